The molecule has 0 aliphatic heterocycles. The van der Waals surface area contributed by atoms with E-state index in [1.807, 2.05) is 0 Å². The number of carbonyl (C=O) groups excluding carboxylic acids is 1. The molecule has 0 saturated carbocycles. The summed E-state index contributed by atoms with van der Waals surface area (Å²) >= 11 is 0. The molecule has 0 saturated heterocycles. The molecule has 0 fully saturated rings. The second-order valence-corrected chi connectivity index (χ2v) is 9.56. The van der Waals surface area contributed by atoms with Crippen LogP contribution in [0.3, 0.4) is 0 Å². The van der Waals surface area contributed by atoms with E-state index in [2.05, 4.69) is 10.0 Å². The fraction of sp³-hybridized carbons (Fsp3) is 0.125. The molecular weight excluding hydrogens is 475 g/mol. The molecule has 1 atom stereocenters. The quantitative estimate of drug-likeness (QED) is 0.423. The topological polar surface area (TPSA) is 119 Å². The van der Waals surface area contributed by atoms with Gasteiger partial charge in [-0.05, 0) is 42.0 Å². The first-order chi connectivity index (χ1) is 16.6. The van der Waals surface area contributed by atoms with E-state index in [9.17, 15) is 27.2 Å². The molecule has 1 heterocycles. The summed E-state index contributed by atoms with van der Waals surface area (Å²) in [6.07, 6.45) is 0. The number of benzene rings is 3. The van der Waals surface area contributed by atoms with Crippen molar-refractivity contribution < 1.29 is 17.6 Å². The van der Waals surface area contributed by atoms with Gasteiger partial charge in [0.2, 0.25) is 15.9 Å². The summed E-state index contributed by atoms with van der Waals surface area (Å²) in [7, 11) is -1.55. The van der Waals surface area contributed by atoms with Gasteiger partial charge in [-0.1, -0.05) is 36.4 Å². The lowest BCUT2D eigenvalue weighted by Gasteiger charge is -2.19. The van der Waals surface area contributed by atoms with Gasteiger partial charge in [0.05, 0.1) is 15.8 Å². The van der Waals surface area contributed by atoms with E-state index >= 15 is 0 Å². The number of aryl methyl sites for hydroxylation is 1. The first-order valence-corrected chi connectivity index (χ1v) is 11.9. The predicted octanol–water partition coefficient (Wildman–Crippen LogP) is 2.03. The van der Waals surface area contributed by atoms with Crippen molar-refractivity contribution in [1.82, 2.24) is 13.9 Å². The Morgan fingerprint density at radius 2 is 1.63 bits per heavy atom. The van der Waals surface area contributed by atoms with Crippen molar-refractivity contribution in [2.75, 3.05) is 5.32 Å². The van der Waals surface area contributed by atoms with Gasteiger partial charge in [0.1, 0.15) is 11.9 Å². The van der Waals surface area contributed by atoms with Crippen LogP contribution in [0.15, 0.2) is 87.3 Å². The molecule has 180 valence electrons. The minimum absolute atomic E-state index is 0.0259. The highest BCUT2D eigenvalue weighted by atomic mass is 32.2. The molecule has 1 amide bonds. The zero-order valence-electron chi connectivity index (χ0n) is 18.7. The third kappa shape index (κ3) is 4.77. The van der Waals surface area contributed by atoms with Crippen LogP contribution in [0.5, 0.6) is 0 Å². The third-order valence-corrected chi connectivity index (χ3v) is 6.93. The number of hydrogen-bond acceptors (Lipinski definition) is 5. The highest BCUT2D eigenvalue weighted by Gasteiger charge is 2.28. The van der Waals surface area contributed by atoms with E-state index in [4.69, 9.17) is 0 Å². The molecule has 0 aliphatic carbocycles. The van der Waals surface area contributed by atoms with Crippen molar-refractivity contribution in [3.8, 4) is 0 Å². The molecule has 35 heavy (non-hydrogen) atoms. The van der Waals surface area contributed by atoms with Crippen LogP contribution >= 0.6 is 0 Å². The Labute approximate surface area is 199 Å². The molecule has 11 heteroatoms. The molecule has 1 aromatic heterocycles. The summed E-state index contributed by atoms with van der Waals surface area (Å²) in [5.41, 5.74) is -0.423. The van der Waals surface area contributed by atoms with Crippen molar-refractivity contribution in [1.29, 1.82) is 0 Å². The normalized spacial score (nSPS) is 12.4. The van der Waals surface area contributed by atoms with Crippen LogP contribution in [-0.4, -0.2) is 23.5 Å². The fourth-order valence-corrected chi connectivity index (χ4v) is 4.87. The highest BCUT2D eigenvalue weighted by Crippen LogP contribution is 2.22. The van der Waals surface area contributed by atoms with Gasteiger partial charge in [-0.2, -0.15) is 4.72 Å². The van der Waals surface area contributed by atoms with Crippen LogP contribution in [0.4, 0.5) is 10.1 Å². The van der Waals surface area contributed by atoms with E-state index in [0.29, 0.717) is 5.56 Å². The highest BCUT2D eigenvalue weighted by molar-refractivity contribution is 7.89. The maximum Gasteiger partial charge on any atom is 0.330 e. The maximum atomic E-state index is 13.6. The molecule has 0 spiro atoms. The lowest BCUT2D eigenvalue weighted by molar-refractivity contribution is -0.117. The molecule has 4 aromatic rings. The number of amides is 1. The minimum atomic E-state index is -4.32. The van der Waals surface area contributed by atoms with E-state index in [1.165, 1.54) is 49.0 Å². The molecular formula is C24H21FN4O5S. The SMILES string of the molecule is Cn1c(=O)c2cc(S(=O)(=O)N[C@@H](C(=O)Nc3cccc(F)c3)c3ccccc3)ccc2n(C)c1=O. The monoisotopic (exact) mass is 496 g/mol. The molecule has 0 unspecified atom stereocenters. The van der Waals surface area contributed by atoms with Crippen molar-refractivity contribution >= 4 is 32.5 Å². The van der Waals surface area contributed by atoms with Crippen molar-refractivity contribution in [2.45, 2.75) is 10.9 Å². The van der Waals surface area contributed by atoms with E-state index in [-0.39, 0.29) is 21.5 Å². The van der Waals surface area contributed by atoms with Crippen LogP contribution in [-0.2, 0) is 28.9 Å². The molecule has 4 rings (SSSR count). The zero-order valence-corrected chi connectivity index (χ0v) is 19.5. The number of hydrogen-bond donors (Lipinski definition) is 2. The number of nitrogens with zero attached hydrogens (tertiary/aromatic N) is 2. The van der Waals surface area contributed by atoms with Crippen molar-refractivity contribution in [3.63, 3.8) is 0 Å². The molecule has 9 nitrogen and oxygen atoms in total. The van der Waals surface area contributed by atoms with Crippen LogP contribution < -0.4 is 21.3 Å². The van der Waals surface area contributed by atoms with Crippen molar-refractivity contribution in [2.24, 2.45) is 14.1 Å². The molecule has 2 N–H and O–H groups in total. The Kier molecular flexibility index (Phi) is 6.37. The van der Waals surface area contributed by atoms with Gasteiger partial charge in [-0.25, -0.2) is 17.6 Å². The number of rotatable bonds is 6. The molecule has 0 aliphatic rings. The van der Waals surface area contributed by atoms with Gasteiger partial charge in [0.25, 0.3) is 5.56 Å². The maximum absolute atomic E-state index is 13.6. The zero-order chi connectivity index (χ0) is 25.3. The summed E-state index contributed by atoms with van der Waals surface area (Å²) in [5, 5.41) is 2.54. The largest absolute Gasteiger partial charge is 0.330 e. The molecule has 0 bridgehead atoms. The van der Waals surface area contributed by atoms with Crippen molar-refractivity contribution in [3.05, 3.63) is 105 Å². The van der Waals surface area contributed by atoms with E-state index in [1.54, 1.807) is 30.3 Å². The van der Waals surface area contributed by atoms with Crippen LogP contribution in [0.1, 0.15) is 11.6 Å². The van der Waals surface area contributed by atoms with E-state index < -0.39 is 39.0 Å². The second-order valence-electron chi connectivity index (χ2n) is 7.85. The number of nitrogens with one attached hydrogen (secondary N) is 2. The lowest BCUT2D eigenvalue weighted by Crippen LogP contribution is -2.38. The van der Waals surface area contributed by atoms with Gasteiger partial charge in [-0.3, -0.25) is 18.7 Å². The summed E-state index contributed by atoms with van der Waals surface area (Å²) in [5.74, 6) is -1.30. The number of anilines is 1. The van der Waals surface area contributed by atoms with Crippen LogP contribution in [0, 0.1) is 5.82 Å². The number of aromatic nitrogens is 2. The Balaban J connectivity index is 1.75. The summed E-state index contributed by atoms with van der Waals surface area (Å²) in [6.45, 7) is 0. The summed E-state index contributed by atoms with van der Waals surface area (Å²) in [4.78, 5) is 37.6. The lowest BCUT2D eigenvalue weighted by atomic mass is 10.1. The average Bonchev–Trinajstić information content (AvgIpc) is 2.85. The predicted molar refractivity (Wildman–Crippen MR) is 129 cm³/mol. The minimum Gasteiger partial charge on any atom is -0.324 e. The second kappa shape index (κ2) is 9.28. The Morgan fingerprint density at radius 1 is 0.914 bits per heavy atom. The van der Waals surface area contributed by atoms with Crippen LogP contribution in [0.2, 0.25) is 0 Å². The standard InChI is InChI=1S/C24H21FN4O5S/c1-28-20-12-11-18(14-19(20)23(31)29(2)24(28)32)35(33,34)27-21(15-7-4-3-5-8-15)22(30)26-17-10-6-9-16(25)13-17/h3-14,21,27H,1-2H3,(H,26,30)/t21-/m1/s1. The Morgan fingerprint density at radius 3 is 2.31 bits per heavy atom. The first-order valence-electron chi connectivity index (χ1n) is 10.4. The third-order valence-electron chi connectivity index (χ3n) is 5.51. The number of sulfonamides is 1. The summed E-state index contributed by atoms with van der Waals surface area (Å²) < 4.78 is 44.6. The smallest absolute Gasteiger partial charge is 0.324 e. The van der Waals surface area contributed by atoms with E-state index in [0.717, 1.165) is 16.7 Å². The van der Waals surface area contributed by atoms with Gasteiger partial charge < -0.3 is 5.32 Å². The molecule has 0 radical (unpaired) electrons. The first kappa shape index (κ1) is 24.0. The Hall–Kier alpha value is -4.09. The average molecular weight is 497 g/mol. The summed E-state index contributed by atoms with van der Waals surface area (Å²) in [6, 6.07) is 15.8. The number of fused-ring (bicyclic) bond motifs is 1. The number of carbonyl (C=O) groups is 1. The van der Waals surface area contributed by atoms with Crippen LogP contribution in [0.25, 0.3) is 10.9 Å². The fourth-order valence-electron chi connectivity index (χ4n) is 3.66. The van der Waals surface area contributed by atoms with Gasteiger partial charge >= 0.3 is 5.69 Å². The van der Waals surface area contributed by atoms with Gasteiger partial charge in [-0.15, -0.1) is 0 Å². The molecule has 3 aromatic carbocycles. The number of halogens is 1. The van der Waals surface area contributed by atoms with Gasteiger partial charge in [0.15, 0.2) is 0 Å². The van der Waals surface area contributed by atoms with Gasteiger partial charge in [0, 0.05) is 19.8 Å². The Bertz CT molecular complexity index is 1660.